The molecule has 4 heteroatoms. The molecule has 0 bridgehead atoms. The number of carbonyl (C=O) groups excluding carboxylic acids is 2. The molecule has 0 aromatic heterocycles. The predicted octanol–water partition coefficient (Wildman–Crippen LogP) is -0.747. The number of rotatable bonds is 0. The van der Waals surface area contributed by atoms with Crippen LogP contribution in [0.1, 0.15) is 1.37 Å². The molecule has 0 aromatic carbocycles. The Kier molecular flexibility index (Phi) is 0.523. The molecule has 1 atom stereocenters. The van der Waals surface area contributed by atoms with Gasteiger partial charge in [-0.05, 0) is 0 Å². The summed E-state index contributed by atoms with van der Waals surface area (Å²) >= 11 is 0. The molecular formula is C3H3NO3. The number of carbonyl (C=O) groups is 2. The van der Waals surface area contributed by atoms with Crippen molar-refractivity contribution in [3.05, 3.63) is 0 Å². The normalized spacial score (nSPS) is 31.4. The number of cyclic esters (lactones) is 1. The van der Waals surface area contributed by atoms with Crippen LogP contribution in [0.2, 0.25) is 0 Å². The van der Waals surface area contributed by atoms with Gasteiger partial charge in [0.1, 0.15) is 0 Å². The predicted molar refractivity (Wildman–Crippen MR) is 19.5 cm³/mol. The van der Waals surface area contributed by atoms with Gasteiger partial charge in [-0.2, -0.15) is 0 Å². The number of nitrogens with one attached hydrogen (secondary N) is 1. The van der Waals surface area contributed by atoms with Gasteiger partial charge in [0.15, 0.2) is 6.58 Å². The molecule has 2 amide bonds. The quantitative estimate of drug-likeness (QED) is 0.438. The highest BCUT2D eigenvalue weighted by molar-refractivity contribution is 5.97. The smallest absolute Gasteiger partial charge is 0.414 e. The summed E-state index contributed by atoms with van der Waals surface area (Å²) in [7, 11) is 0. The molecule has 1 rings (SSSR count). The highest BCUT2D eigenvalue weighted by Crippen LogP contribution is 1.85. The third-order valence-corrected chi connectivity index (χ3v) is 0.498. The molecule has 1 heterocycles. The molecule has 1 unspecified atom stereocenters. The average Bonchev–Trinajstić information content (AvgIpc) is 1.85. The highest BCUT2D eigenvalue weighted by Gasteiger charge is 2.17. The number of ether oxygens (including phenoxy) is 1. The Labute approximate surface area is 40.9 Å². The van der Waals surface area contributed by atoms with E-state index in [4.69, 9.17) is 1.37 Å². The van der Waals surface area contributed by atoms with Crippen LogP contribution in [0.3, 0.4) is 0 Å². The molecule has 1 fully saturated rings. The molecule has 38 valence electrons. The largest absolute Gasteiger partial charge is 0.439 e. The van der Waals surface area contributed by atoms with Crippen LogP contribution in [0.4, 0.5) is 4.79 Å². The highest BCUT2D eigenvalue weighted by atomic mass is 16.6. The van der Waals surface area contributed by atoms with Gasteiger partial charge in [0.25, 0.3) is 5.91 Å². The van der Waals surface area contributed by atoms with Crippen LogP contribution < -0.4 is 5.32 Å². The third kappa shape index (κ3) is 0.677. The van der Waals surface area contributed by atoms with Crippen LogP contribution in [0, 0.1) is 0 Å². The van der Waals surface area contributed by atoms with Crippen molar-refractivity contribution in [2.45, 2.75) is 0 Å². The molecule has 0 saturated carbocycles. The number of imide groups is 1. The van der Waals surface area contributed by atoms with Crippen molar-refractivity contribution < 1.29 is 15.7 Å². The molecule has 7 heavy (non-hydrogen) atoms. The number of alkyl carbamates (subject to hydrolysis) is 1. The topological polar surface area (TPSA) is 55.4 Å². The zero-order valence-electron chi connectivity index (χ0n) is 4.30. The Hall–Kier alpha value is -1.06. The lowest BCUT2D eigenvalue weighted by molar-refractivity contribution is -0.119. The van der Waals surface area contributed by atoms with Crippen molar-refractivity contribution in [2.24, 2.45) is 0 Å². The van der Waals surface area contributed by atoms with Gasteiger partial charge in [0.05, 0.1) is 1.37 Å². The second-order valence-corrected chi connectivity index (χ2v) is 1.01. The van der Waals surface area contributed by atoms with Crippen molar-refractivity contribution in [3.63, 3.8) is 0 Å². The molecule has 1 saturated heterocycles. The number of hydrogen-bond donors (Lipinski definition) is 1. The van der Waals surface area contributed by atoms with E-state index in [9.17, 15) is 9.59 Å². The van der Waals surface area contributed by atoms with Crippen LogP contribution in [-0.4, -0.2) is 18.6 Å². The minimum absolute atomic E-state index is 0.699. The van der Waals surface area contributed by atoms with Gasteiger partial charge in [-0.1, -0.05) is 0 Å². The average molecular weight is 102 g/mol. The number of amides is 2. The van der Waals surface area contributed by atoms with Crippen molar-refractivity contribution in [3.8, 4) is 0 Å². The summed E-state index contributed by atoms with van der Waals surface area (Å²) in [5.74, 6) is -0.699. The summed E-state index contributed by atoms with van der Waals surface area (Å²) in [6, 6.07) is 0. The molecule has 1 N–H and O–H groups in total. The summed E-state index contributed by atoms with van der Waals surface area (Å²) in [6.07, 6.45) is -0.838. The van der Waals surface area contributed by atoms with E-state index in [1.54, 1.807) is 5.32 Å². The fourth-order valence-corrected chi connectivity index (χ4v) is 0.267. The summed E-state index contributed by atoms with van der Waals surface area (Å²) in [6.45, 7) is -1.36. The Morgan fingerprint density at radius 2 is 2.57 bits per heavy atom. The van der Waals surface area contributed by atoms with Gasteiger partial charge in [-0.15, -0.1) is 0 Å². The molecule has 0 aliphatic carbocycles. The minimum atomic E-state index is -1.36. The zero-order chi connectivity index (χ0) is 6.15. The first-order chi connectivity index (χ1) is 3.70. The second kappa shape index (κ2) is 1.22. The minimum Gasteiger partial charge on any atom is -0.439 e. The monoisotopic (exact) mass is 102 g/mol. The Morgan fingerprint density at radius 1 is 1.86 bits per heavy atom. The SMILES string of the molecule is [2H]C1OC(=O)NC1=O. The lowest BCUT2D eigenvalue weighted by Crippen LogP contribution is -2.18. The fraction of sp³-hybridized carbons (Fsp3) is 0.333. The van der Waals surface area contributed by atoms with Gasteiger partial charge < -0.3 is 4.74 Å². The maximum absolute atomic E-state index is 10.1. The van der Waals surface area contributed by atoms with E-state index >= 15 is 0 Å². The fourth-order valence-electron chi connectivity index (χ4n) is 0.267. The molecule has 0 radical (unpaired) electrons. The Morgan fingerprint density at radius 3 is 2.71 bits per heavy atom. The first-order valence-electron chi connectivity index (χ1n) is 2.21. The Balaban J connectivity index is 2.64. The molecule has 4 nitrogen and oxygen atoms in total. The summed E-state index contributed by atoms with van der Waals surface area (Å²) in [5, 5.41) is 1.78. The van der Waals surface area contributed by atoms with Crippen LogP contribution in [0.5, 0.6) is 0 Å². The molecule has 0 spiro atoms. The molecule has 0 aromatic rings. The first-order valence-corrected chi connectivity index (χ1v) is 1.64. The van der Waals surface area contributed by atoms with E-state index in [1.807, 2.05) is 0 Å². The second-order valence-electron chi connectivity index (χ2n) is 1.01. The van der Waals surface area contributed by atoms with Crippen molar-refractivity contribution >= 4 is 12.0 Å². The standard InChI is InChI=1S/C3H3NO3/c5-2-1-7-3(6)4-2/h1H2,(H,4,5,6)/i1D. The van der Waals surface area contributed by atoms with E-state index in [1.165, 1.54) is 0 Å². The van der Waals surface area contributed by atoms with E-state index in [-0.39, 0.29) is 0 Å². The lowest BCUT2D eigenvalue weighted by atomic mass is 10.7. The van der Waals surface area contributed by atoms with Crippen LogP contribution >= 0.6 is 0 Å². The third-order valence-electron chi connectivity index (χ3n) is 0.498. The van der Waals surface area contributed by atoms with Crippen molar-refractivity contribution in [1.82, 2.24) is 5.32 Å². The van der Waals surface area contributed by atoms with Gasteiger partial charge in [-0.25, -0.2) is 4.79 Å². The van der Waals surface area contributed by atoms with Crippen LogP contribution in [0.25, 0.3) is 0 Å². The lowest BCUT2D eigenvalue weighted by Gasteiger charge is -1.78. The first kappa shape index (κ1) is 3.01. The number of hydrogen-bond acceptors (Lipinski definition) is 3. The van der Waals surface area contributed by atoms with E-state index in [2.05, 4.69) is 4.74 Å². The molecule has 1 aliphatic rings. The van der Waals surface area contributed by atoms with E-state index < -0.39 is 18.6 Å². The van der Waals surface area contributed by atoms with Crippen molar-refractivity contribution in [2.75, 3.05) is 6.58 Å². The molecule has 1 aliphatic heterocycles. The maximum Gasteiger partial charge on any atom is 0.414 e. The summed E-state index contributed by atoms with van der Waals surface area (Å²) < 4.78 is 10.7. The van der Waals surface area contributed by atoms with Crippen LogP contribution in [0.15, 0.2) is 0 Å². The van der Waals surface area contributed by atoms with Crippen molar-refractivity contribution in [1.29, 1.82) is 0 Å². The van der Waals surface area contributed by atoms with Gasteiger partial charge in [0, 0.05) is 0 Å². The van der Waals surface area contributed by atoms with Gasteiger partial charge >= 0.3 is 6.09 Å². The Bertz CT molecular complexity index is 145. The summed E-state index contributed by atoms with van der Waals surface area (Å²) in [5.41, 5.74) is 0. The van der Waals surface area contributed by atoms with Gasteiger partial charge in [0.2, 0.25) is 0 Å². The van der Waals surface area contributed by atoms with Gasteiger partial charge in [-0.3, -0.25) is 10.1 Å². The maximum atomic E-state index is 10.1. The van der Waals surface area contributed by atoms with E-state index in [0.29, 0.717) is 0 Å². The molecular weight excluding hydrogens is 98.0 g/mol. The van der Waals surface area contributed by atoms with Crippen LogP contribution in [-0.2, 0) is 9.53 Å². The summed E-state index contributed by atoms with van der Waals surface area (Å²) in [4.78, 5) is 20.1. The zero-order valence-corrected chi connectivity index (χ0v) is 3.30. The van der Waals surface area contributed by atoms with E-state index in [0.717, 1.165) is 0 Å².